The number of aryl methyl sites for hydroxylation is 1. The molecular formula is C23H28N6O. The van der Waals surface area contributed by atoms with Crippen molar-refractivity contribution in [3.63, 3.8) is 0 Å². The second-order valence-electron chi connectivity index (χ2n) is 8.11. The van der Waals surface area contributed by atoms with E-state index in [0.29, 0.717) is 5.69 Å². The van der Waals surface area contributed by atoms with Crippen LogP contribution in [0.1, 0.15) is 47.2 Å². The van der Waals surface area contributed by atoms with Crippen molar-refractivity contribution in [1.29, 1.82) is 0 Å². The molecule has 2 aliphatic rings. The lowest BCUT2D eigenvalue weighted by atomic mass is 10.0. The Kier molecular flexibility index (Phi) is 5.12. The summed E-state index contributed by atoms with van der Waals surface area (Å²) in [5, 5.41) is 4.74. The number of nitrogens with zero attached hydrogens (tertiary/aromatic N) is 6. The molecule has 0 atom stereocenters. The molecule has 1 fully saturated rings. The Labute approximate surface area is 176 Å². The molecule has 1 saturated heterocycles. The molecule has 3 aromatic heterocycles. The highest BCUT2D eigenvalue weighted by molar-refractivity contribution is 5.94. The molecule has 7 nitrogen and oxygen atoms in total. The Morgan fingerprint density at radius 3 is 2.73 bits per heavy atom. The Morgan fingerprint density at radius 2 is 1.97 bits per heavy atom. The molecule has 7 heteroatoms. The molecule has 30 heavy (non-hydrogen) atoms. The Balaban J connectivity index is 1.40. The van der Waals surface area contributed by atoms with Crippen LogP contribution in [0, 0.1) is 0 Å². The Bertz CT molecular complexity index is 1030. The van der Waals surface area contributed by atoms with Crippen LogP contribution in [0.2, 0.25) is 0 Å². The van der Waals surface area contributed by atoms with Crippen molar-refractivity contribution in [1.82, 2.24) is 29.1 Å². The van der Waals surface area contributed by atoms with Gasteiger partial charge in [-0.15, -0.1) is 0 Å². The average Bonchev–Trinajstić information content (AvgIpc) is 3.53. The van der Waals surface area contributed by atoms with Crippen LogP contribution < -0.4 is 0 Å². The van der Waals surface area contributed by atoms with Gasteiger partial charge in [0.2, 0.25) is 0 Å². The number of hydrogen-bond donors (Lipinski definition) is 0. The van der Waals surface area contributed by atoms with Crippen molar-refractivity contribution >= 4 is 5.91 Å². The van der Waals surface area contributed by atoms with Gasteiger partial charge in [-0.3, -0.25) is 14.4 Å². The Hall–Kier alpha value is -2.93. The zero-order chi connectivity index (χ0) is 20.5. The SMILES string of the molecule is CCn1nc(C(=O)N2CCCC2)c2c1CCN(Cc1cccn1-c1ccccn1)C2. The topological polar surface area (TPSA) is 59.2 Å². The second-order valence-corrected chi connectivity index (χ2v) is 8.11. The second kappa shape index (κ2) is 8.07. The molecule has 0 radical (unpaired) electrons. The summed E-state index contributed by atoms with van der Waals surface area (Å²) in [7, 11) is 0. The molecule has 5 rings (SSSR count). The number of likely N-dealkylation sites (tertiary alicyclic amines) is 1. The highest BCUT2D eigenvalue weighted by Crippen LogP contribution is 2.26. The smallest absolute Gasteiger partial charge is 0.274 e. The number of carbonyl (C=O) groups excluding carboxylic acids is 1. The van der Waals surface area contributed by atoms with Gasteiger partial charge >= 0.3 is 0 Å². The number of rotatable bonds is 5. The summed E-state index contributed by atoms with van der Waals surface area (Å²) in [6.07, 6.45) is 7.00. The van der Waals surface area contributed by atoms with E-state index >= 15 is 0 Å². The van der Waals surface area contributed by atoms with Crippen LogP contribution in [-0.2, 0) is 26.1 Å². The molecule has 3 aromatic rings. The predicted molar refractivity (Wildman–Crippen MR) is 114 cm³/mol. The molecule has 0 aliphatic carbocycles. The summed E-state index contributed by atoms with van der Waals surface area (Å²) in [6, 6.07) is 10.2. The monoisotopic (exact) mass is 404 g/mol. The summed E-state index contributed by atoms with van der Waals surface area (Å²) in [4.78, 5) is 22.0. The molecule has 0 unspecified atom stereocenters. The van der Waals surface area contributed by atoms with Crippen LogP contribution in [-0.4, -0.2) is 54.7 Å². The van der Waals surface area contributed by atoms with Gasteiger partial charge in [0.05, 0.1) is 0 Å². The average molecular weight is 405 g/mol. The zero-order valence-corrected chi connectivity index (χ0v) is 17.5. The summed E-state index contributed by atoms with van der Waals surface area (Å²) in [6.45, 7) is 7.15. The molecule has 0 bridgehead atoms. The van der Waals surface area contributed by atoms with Crippen LogP contribution in [0.5, 0.6) is 0 Å². The minimum Gasteiger partial charge on any atom is -0.337 e. The molecule has 0 saturated carbocycles. The van der Waals surface area contributed by atoms with E-state index in [2.05, 4.69) is 39.7 Å². The fourth-order valence-corrected chi connectivity index (χ4v) is 4.68. The summed E-state index contributed by atoms with van der Waals surface area (Å²) in [5.41, 5.74) is 4.22. The molecule has 0 spiro atoms. The lowest BCUT2D eigenvalue weighted by Gasteiger charge is -2.28. The number of pyridine rings is 1. The van der Waals surface area contributed by atoms with E-state index in [-0.39, 0.29) is 5.91 Å². The first-order chi connectivity index (χ1) is 14.7. The highest BCUT2D eigenvalue weighted by Gasteiger charge is 2.31. The van der Waals surface area contributed by atoms with Gasteiger partial charge in [0, 0.05) is 75.0 Å². The minimum atomic E-state index is 0.106. The van der Waals surface area contributed by atoms with E-state index in [9.17, 15) is 4.79 Å². The van der Waals surface area contributed by atoms with Crippen molar-refractivity contribution < 1.29 is 4.79 Å². The van der Waals surface area contributed by atoms with Crippen molar-refractivity contribution in [2.45, 2.75) is 45.8 Å². The van der Waals surface area contributed by atoms with E-state index in [0.717, 1.165) is 69.9 Å². The van der Waals surface area contributed by atoms with E-state index in [4.69, 9.17) is 5.10 Å². The number of fused-ring (bicyclic) bond motifs is 1. The fraction of sp³-hybridized carbons (Fsp3) is 0.435. The van der Waals surface area contributed by atoms with Gasteiger partial charge in [-0.1, -0.05) is 6.07 Å². The number of carbonyl (C=O) groups is 1. The lowest BCUT2D eigenvalue weighted by Crippen LogP contribution is -2.33. The van der Waals surface area contributed by atoms with Gasteiger partial charge in [-0.05, 0) is 44.0 Å². The van der Waals surface area contributed by atoms with Crippen LogP contribution in [0.3, 0.4) is 0 Å². The quantitative estimate of drug-likeness (QED) is 0.656. The number of hydrogen-bond acceptors (Lipinski definition) is 4. The number of aromatic nitrogens is 4. The zero-order valence-electron chi connectivity index (χ0n) is 17.5. The molecule has 1 amide bonds. The van der Waals surface area contributed by atoms with Crippen LogP contribution in [0.15, 0.2) is 42.7 Å². The third-order valence-corrected chi connectivity index (χ3v) is 6.22. The summed E-state index contributed by atoms with van der Waals surface area (Å²) in [5.74, 6) is 1.04. The highest BCUT2D eigenvalue weighted by atomic mass is 16.2. The molecule has 2 aliphatic heterocycles. The third kappa shape index (κ3) is 3.43. The van der Waals surface area contributed by atoms with Crippen LogP contribution in [0.4, 0.5) is 0 Å². The maximum atomic E-state index is 13.1. The molecule has 0 aromatic carbocycles. The fourth-order valence-electron chi connectivity index (χ4n) is 4.68. The van der Waals surface area contributed by atoms with Gasteiger partial charge in [0.25, 0.3) is 5.91 Å². The van der Waals surface area contributed by atoms with Crippen molar-refractivity contribution in [2.75, 3.05) is 19.6 Å². The normalized spacial score (nSPS) is 16.8. The van der Waals surface area contributed by atoms with Crippen molar-refractivity contribution in [2.24, 2.45) is 0 Å². The van der Waals surface area contributed by atoms with E-state index < -0.39 is 0 Å². The van der Waals surface area contributed by atoms with Gasteiger partial charge in [0.1, 0.15) is 5.82 Å². The molecule has 5 heterocycles. The number of amides is 1. The largest absolute Gasteiger partial charge is 0.337 e. The minimum absolute atomic E-state index is 0.106. The lowest BCUT2D eigenvalue weighted by molar-refractivity contribution is 0.0783. The van der Waals surface area contributed by atoms with Crippen LogP contribution in [0.25, 0.3) is 5.82 Å². The van der Waals surface area contributed by atoms with Crippen molar-refractivity contribution in [3.05, 3.63) is 65.4 Å². The van der Waals surface area contributed by atoms with E-state index in [1.165, 1.54) is 11.4 Å². The van der Waals surface area contributed by atoms with Crippen molar-refractivity contribution in [3.8, 4) is 5.82 Å². The first-order valence-corrected chi connectivity index (χ1v) is 10.9. The maximum absolute atomic E-state index is 13.1. The molecular weight excluding hydrogens is 376 g/mol. The predicted octanol–water partition coefficient (Wildman–Crippen LogP) is 2.88. The summed E-state index contributed by atoms with van der Waals surface area (Å²) < 4.78 is 4.17. The summed E-state index contributed by atoms with van der Waals surface area (Å²) >= 11 is 0. The molecule has 156 valence electrons. The molecule has 0 N–H and O–H groups in total. The van der Waals surface area contributed by atoms with Crippen LogP contribution >= 0.6 is 0 Å². The Morgan fingerprint density at radius 1 is 1.10 bits per heavy atom. The van der Waals surface area contributed by atoms with Gasteiger partial charge in [-0.2, -0.15) is 5.10 Å². The standard InChI is InChI=1S/C23H28N6O/c1-2-29-20-10-15-26(16-18-8-7-14-28(18)21-9-3-4-11-24-21)17-19(20)22(25-29)23(30)27-12-5-6-13-27/h3-4,7-9,11,14H,2,5-6,10,12-13,15-17H2,1H3. The van der Waals surface area contributed by atoms with Gasteiger partial charge in [-0.25, -0.2) is 4.98 Å². The van der Waals surface area contributed by atoms with Gasteiger partial charge in [0.15, 0.2) is 5.69 Å². The maximum Gasteiger partial charge on any atom is 0.274 e. The van der Waals surface area contributed by atoms with E-state index in [1.807, 2.05) is 34.0 Å². The first-order valence-electron chi connectivity index (χ1n) is 10.9. The first kappa shape index (κ1) is 19.1. The third-order valence-electron chi connectivity index (χ3n) is 6.22. The van der Waals surface area contributed by atoms with Gasteiger partial charge < -0.3 is 9.47 Å². The van der Waals surface area contributed by atoms with E-state index in [1.54, 1.807) is 0 Å².